The molecule has 0 aliphatic carbocycles. The van der Waals surface area contributed by atoms with Crippen LogP contribution in [0.1, 0.15) is 19.4 Å². The fourth-order valence-corrected chi connectivity index (χ4v) is 3.20. The Balaban J connectivity index is 2.13. The lowest BCUT2D eigenvalue weighted by molar-refractivity contribution is 0.472. The molecule has 2 heterocycles. The summed E-state index contributed by atoms with van der Waals surface area (Å²) in [6.45, 7) is 10.1. The van der Waals surface area contributed by atoms with Gasteiger partial charge < -0.3 is 21.7 Å². The summed E-state index contributed by atoms with van der Waals surface area (Å²) < 4.78 is 0. The molecule has 1 fully saturated rings. The van der Waals surface area contributed by atoms with Gasteiger partial charge in [0.15, 0.2) is 0 Å². The van der Waals surface area contributed by atoms with Crippen LogP contribution in [0.2, 0.25) is 0 Å². The second-order valence-corrected chi connectivity index (χ2v) is 6.48. The van der Waals surface area contributed by atoms with Crippen LogP contribution in [0.25, 0.3) is 17.8 Å². The standard InChI is InChI=1S/C20H26N4/c1-4-5-15-8-17(16-6-13(2)23-14(3)7-16)9-20(19(15)10-21)24-18-11-22-12-18/h4-10,13,18,22-24H,1,11-12,21H2,2-3H3/b15-5-,19-10+. The van der Waals surface area contributed by atoms with Crippen molar-refractivity contribution in [1.29, 1.82) is 0 Å². The molecule has 0 radical (unpaired) electrons. The van der Waals surface area contributed by atoms with Crippen molar-refractivity contribution in [2.75, 3.05) is 18.4 Å². The Kier molecular flexibility index (Phi) is 4.76. The van der Waals surface area contributed by atoms with Gasteiger partial charge in [0.05, 0.1) is 6.04 Å². The molecule has 0 amide bonds. The first-order chi connectivity index (χ1) is 11.6. The minimum Gasteiger partial charge on any atom is -0.404 e. The molecule has 1 unspecified atom stereocenters. The van der Waals surface area contributed by atoms with Crippen LogP contribution in [-0.2, 0) is 0 Å². The Morgan fingerprint density at radius 3 is 2.71 bits per heavy atom. The van der Waals surface area contributed by atoms with Crippen molar-refractivity contribution in [2.45, 2.75) is 25.9 Å². The number of nitrogens with two attached hydrogens (primary N) is 1. The van der Waals surface area contributed by atoms with Gasteiger partial charge in [-0.15, -0.1) is 0 Å². The molecule has 24 heavy (non-hydrogen) atoms. The summed E-state index contributed by atoms with van der Waals surface area (Å²) in [5, 5.41) is 12.4. The summed E-state index contributed by atoms with van der Waals surface area (Å²) in [7, 11) is 0. The monoisotopic (exact) mass is 322 g/mol. The number of allylic oxidation sites excluding steroid dienone is 4. The summed E-state index contributed by atoms with van der Waals surface area (Å²) in [6, 6.07) is 5.15. The predicted octanol–water partition coefficient (Wildman–Crippen LogP) is 1.01. The predicted molar refractivity (Wildman–Crippen MR) is 104 cm³/mol. The smallest absolute Gasteiger partial charge is 0.0510 e. The maximum Gasteiger partial charge on any atom is 0.0510 e. The van der Waals surface area contributed by atoms with E-state index in [4.69, 9.17) is 5.73 Å². The van der Waals surface area contributed by atoms with Crippen molar-refractivity contribution >= 4 is 23.5 Å². The number of anilines is 1. The SMILES string of the molecule is C=C/C=c1/cc(C2=CC(C)NC(C)=C2)cc(NC2CNC2)/c1=C/N. The number of hydrogen-bond acceptors (Lipinski definition) is 4. The molecule has 1 aromatic rings. The van der Waals surface area contributed by atoms with Crippen molar-refractivity contribution < 1.29 is 0 Å². The van der Waals surface area contributed by atoms with E-state index in [1.165, 1.54) is 16.8 Å². The fourth-order valence-electron chi connectivity index (χ4n) is 3.20. The first kappa shape index (κ1) is 16.4. The van der Waals surface area contributed by atoms with Crippen LogP contribution < -0.4 is 32.1 Å². The minimum atomic E-state index is 0.324. The molecule has 0 aromatic heterocycles. The van der Waals surface area contributed by atoms with Gasteiger partial charge in [-0.3, -0.25) is 0 Å². The van der Waals surface area contributed by atoms with Gasteiger partial charge in [0.25, 0.3) is 0 Å². The third kappa shape index (κ3) is 3.39. The highest BCUT2D eigenvalue weighted by Gasteiger charge is 2.17. The van der Waals surface area contributed by atoms with E-state index >= 15 is 0 Å². The quantitative estimate of drug-likeness (QED) is 0.668. The molecule has 1 saturated heterocycles. The van der Waals surface area contributed by atoms with Crippen LogP contribution >= 0.6 is 0 Å². The number of benzene rings is 1. The van der Waals surface area contributed by atoms with Crippen LogP contribution in [0, 0.1) is 0 Å². The lowest BCUT2D eigenvalue weighted by Crippen LogP contribution is -2.52. The highest BCUT2D eigenvalue weighted by atomic mass is 15.1. The van der Waals surface area contributed by atoms with Crippen molar-refractivity contribution in [1.82, 2.24) is 10.6 Å². The second-order valence-electron chi connectivity index (χ2n) is 6.48. The van der Waals surface area contributed by atoms with Gasteiger partial charge in [-0.1, -0.05) is 24.8 Å². The van der Waals surface area contributed by atoms with Crippen LogP contribution in [0.3, 0.4) is 0 Å². The normalized spacial score (nSPS) is 22.3. The molecule has 126 valence electrons. The average molecular weight is 322 g/mol. The zero-order chi connectivity index (χ0) is 17.1. The van der Waals surface area contributed by atoms with Gasteiger partial charge in [0.1, 0.15) is 0 Å². The molecule has 1 aromatic carbocycles. The largest absolute Gasteiger partial charge is 0.404 e. The molecule has 0 spiro atoms. The fraction of sp³-hybridized carbons (Fsp3) is 0.300. The second kappa shape index (κ2) is 6.97. The number of nitrogens with one attached hydrogen (secondary N) is 3. The highest BCUT2D eigenvalue weighted by molar-refractivity contribution is 5.78. The Morgan fingerprint density at radius 1 is 1.33 bits per heavy atom. The third-order valence-corrected chi connectivity index (χ3v) is 4.41. The van der Waals surface area contributed by atoms with Crippen LogP contribution in [0.4, 0.5) is 5.69 Å². The van der Waals surface area contributed by atoms with Crippen LogP contribution in [0.15, 0.2) is 42.6 Å². The molecular weight excluding hydrogens is 296 g/mol. The molecule has 1 atom stereocenters. The Labute approximate surface area is 143 Å². The van der Waals surface area contributed by atoms with Gasteiger partial charge in [-0.05, 0) is 48.4 Å². The number of rotatable bonds is 4. The molecule has 2 aliphatic heterocycles. The number of hydrogen-bond donors (Lipinski definition) is 4. The third-order valence-electron chi connectivity index (χ3n) is 4.41. The van der Waals surface area contributed by atoms with Gasteiger partial charge in [-0.25, -0.2) is 0 Å². The first-order valence-electron chi connectivity index (χ1n) is 8.43. The summed E-state index contributed by atoms with van der Waals surface area (Å²) >= 11 is 0. The van der Waals surface area contributed by atoms with E-state index in [1.807, 2.05) is 6.08 Å². The molecule has 0 bridgehead atoms. The number of dihydropyridines is 1. The van der Waals surface area contributed by atoms with E-state index in [9.17, 15) is 0 Å². The van der Waals surface area contributed by atoms with Crippen molar-refractivity contribution in [2.24, 2.45) is 5.73 Å². The maximum atomic E-state index is 5.92. The summed E-state index contributed by atoms with van der Waals surface area (Å²) in [4.78, 5) is 0. The summed E-state index contributed by atoms with van der Waals surface area (Å²) in [5.41, 5.74) is 10.6. The Morgan fingerprint density at radius 2 is 2.12 bits per heavy atom. The van der Waals surface area contributed by atoms with Gasteiger partial charge in [0, 0.05) is 41.9 Å². The minimum absolute atomic E-state index is 0.324. The highest BCUT2D eigenvalue weighted by Crippen LogP contribution is 2.22. The Hall–Kier alpha value is -2.46. The lowest BCUT2D eigenvalue weighted by Gasteiger charge is -2.29. The Bertz CT molecular complexity index is 813. The van der Waals surface area contributed by atoms with Crippen molar-refractivity contribution in [3.05, 3.63) is 58.6 Å². The van der Waals surface area contributed by atoms with E-state index in [-0.39, 0.29) is 0 Å². The summed E-state index contributed by atoms with van der Waals surface area (Å²) in [5.74, 6) is 0. The molecule has 0 saturated carbocycles. The van der Waals surface area contributed by atoms with E-state index < -0.39 is 0 Å². The topological polar surface area (TPSA) is 62.1 Å². The molecule has 4 heteroatoms. The van der Waals surface area contributed by atoms with Gasteiger partial charge >= 0.3 is 0 Å². The molecular formula is C20H26N4. The first-order valence-corrected chi connectivity index (χ1v) is 8.43. The van der Waals surface area contributed by atoms with Crippen molar-refractivity contribution in [3.63, 3.8) is 0 Å². The summed E-state index contributed by atoms with van der Waals surface area (Å²) in [6.07, 6.45) is 9.93. The molecule has 5 N–H and O–H groups in total. The zero-order valence-corrected chi connectivity index (χ0v) is 14.4. The molecule has 2 aliphatic rings. The van der Waals surface area contributed by atoms with E-state index in [0.717, 1.165) is 29.2 Å². The average Bonchev–Trinajstić information content (AvgIpc) is 2.50. The van der Waals surface area contributed by atoms with Crippen molar-refractivity contribution in [3.8, 4) is 0 Å². The lowest BCUT2D eigenvalue weighted by atomic mass is 9.97. The van der Waals surface area contributed by atoms with Gasteiger partial charge in [-0.2, -0.15) is 0 Å². The molecule has 3 rings (SSSR count). The van der Waals surface area contributed by atoms with E-state index in [2.05, 4.69) is 60.7 Å². The zero-order valence-electron chi connectivity index (χ0n) is 14.4. The van der Waals surface area contributed by atoms with Crippen LogP contribution in [-0.4, -0.2) is 25.2 Å². The van der Waals surface area contributed by atoms with Crippen LogP contribution in [0.5, 0.6) is 0 Å². The molecule has 4 nitrogen and oxygen atoms in total. The van der Waals surface area contributed by atoms with Gasteiger partial charge in [0.2, 0.25) is 0 Å². The maximum absolute atomic E-state index is 5.92. The van der Waals surface area contributed by atoms with E-state index in [1.54, 1.807) is 12.3 Å². The van der Waals surface area contributed by atoms with E-state index in [0.29, 0.717) is 12.1 Å².